The second kappa shape index (κ2) is 7.92. The van der Waals surface area contributed by atoms with Crippen LogP contribution < -0.4 is 5.32 Å². The first-order valence-corrected chi connectivity index (χ1v) is 5.97. The van der Waals surface area contributed by atoms with Crippen LogP contribution in [0, 0.1) is 0 Å². The molecule has 0 atom stereocenters. The maximum Gasteiger partial charge on any atom is 0.407 e. The minimum Gasteiger partial charge on any atom is -0.466 e. The zero-order chi connectivity index (χ0) is 13.3. The van der Waals surface area contributed by atoms with Crippen LogP contribution in [0.3, 0.4) is 0 Å². The average Bonchev–Trinajstić information content (AvgIpc) is 2.14. The third-order valence-corrected chi connectivity index (χ3v) is 1.71. The summed E-state index contributed by atoms with van der Waals surface area (Å²) in [7, 11) is 0. The number of ether oxygens (including phenoxy) is 2. The minimum atomic E-state index is -0.488. The molecule has 0 spiro atoms. The number of carbonyl (C=O) groups is 2. The number of hydrogen-bond acceptors (Lipinski definition) is 4. The van der Waals surface area contributed by atoms with E-state index in [9.17, 15) is 9.59 Å². The summed E-state index contributed by atoms with van der Waals surface area (Å²) >= 11 is 0. The first-order valence-electron chi connectivity index (χ1n) is 5.97. The average molecular weight is 245 g/mol. The highest BCUT2D eigenvalue weighted by molar-refractivity contribution is 5.69. The molecule has 0 rings (SSSR count). The summed E-state index contributed by atoms with van der Waals surface area (Å²) in [6.07, 6.45) is 1.38. The van der Waals surface area contributed by atoms with E-state index in [1.54, 1.807) is 20.8 Å². The van der Waals surface area contributed by atoms with Crippen molar-refractivity contribution in [3.8, 4) is 0 Å². The standard InChI is InChI=1S/C12H23NO4/c1-5-7-10(14)16-9-6-8-13-11(15)17-12(2,3)4/h5-9H2,1-4H3,(H,13,15). The zero-order valence-electron chi connectivity index (χ0n) is 11.2. The molecule has 0 aromatic carbocycles. The van der Waals surface area contributed by atoms with Crippen molar-refractivity contribution in [3.05, 3.63) is 0 Å². The van der Waals surface area contributed by atoms with Gasteiger partial charge in [-0.25, -0.2) is 4.79 Å². The summed E-state index contributed by atoms with van der Waals surface area (Å²) in [6.45, 7) is 8.10. The molecule has 0 heterocycles. The van der Waals surface area contributed by atoms with E-state index in [0.717, 1.165) is 6.42 Å². The number of hydrogen-bond donors (Lipinski definition) is 1. The molecule has 0 bridgehead atoms. The van der Waals surface area contributed by atoms with Crippen LogP contribution in [0.25, 0.3) is 0 Å². The van der Waals surface area contributed by atoms with Gasteiger partial charge in [-0.05, 0) is 33.6 Å². The molecule has 0 aromatic rings. The molecular formula is C12H23NO4. The lowest BCUT2D eigenvalue weighted by Crippen LogP contribution is -2.33. The molecule has 1 amide bonds. The summed E-state index contributed by atoms with van der Waals surface area (Å²) < 4.78 is 9.98. The van der Waals surface area contributed by atoms with Gasteiger partial charge in [-0.3, -0.25) is 4.79 Å². The van der Waals surface area contributed by atoms with E-state index in [1.165, 1.54) is 0 Å². The number of alkyl carbamates (subject to hydrolysis) is 1. The highest BCUT2D eigenvalue weighted by Crippen LogP contribution is 2.06. The molecule has 0 aliphatic carbocycles. The molecule has 5 heteroatoms. The second-order valence-electron chi connectivity index (χ2n) is 4.75. The van der Waals surface area contributed by atoms with Crippen LogP contribution in [0.5, 0.6) is 0 Å². The topological polar surface area (TPSA) is 64.6 Å². The highest BCUT2D eigenvalue weighted by Gasteiger charge is 2.15. The Balaban J connectivity index is 3.46. The van der Waals surface area contributed by atoms with Gasteiger partial charge in [0.15, 0.2) is 0 Å². The summed E-state index contributed by atoms with van der Waals surface area (Å²) in [5.41, 5.74) is -0.488. The fraction of sp³-hybridized carbons (Fsp3) is 0.833. The third-order valence-electron chi connectivity index (χ3n) is 1.71. The van der Waals surface area contributed by atoms with Gasteiger partial charge in [0.05, 0.1) is 6.61 Å². The summed E-state index contributed by atoms with van der Waals surface area (Å²) in [4.78, 5) is 22.2. The largest absolute Gasteiger partial charge is 0.466 e. The van der Waals surface area contributed by atoms with Crippen molar-refractivity contribution >= 4 is 12.1 Å². The van der Waals surface area contributed by atoms with Crippen molar-refractivity contribution in [1.29, 1.82) is 0 Å². The zero-order valence-corrected chi connectivity index (χ0v) is 11.2. The lowest BCUT2D eigenvalue weighted by molar-refractivity contribution is -0.143. The fourth-order valence-corrected chi connectivity index (χ4v) is 1.04. The number of carbonyl (C=O) groups excluding carboxylic acids is 2. The Morgan fingerprint density at radius 2 is 1.88 bits per heavy atom. The number of esters is 1. The van der Waals surface area contributed by atoms with Gasteiger partial charge in [-0.15, -0.1) is 0 Å². The monoisotopic (exact) mass is 245 g/mol. The van der Waals surface area contributed by atoms with Gasteiger partial charge in [-0.1, -0.05) is 6.92 Å². The Bertz CT molecular complexity index is 245. The molecule has 17 heavy (non-hydrogen) atoms. The van der Waals surface area contributed by atoms with Gasteiger partial charge >= 0.3 is 12.1 Å². The lowest BCUT2D eigenvalue weighted by Gasteiger charge is -2.19. The molecule has 100 valence electrons. The summed E-state index contributed by atoms with van der Waals surface area (Å²) in [6, 6.07) is 0. The van der Waals surface area contributed by atoms with Gasteiger partial charge in [0, 0.05) is 13.0 Å². The van der Waals surface area contributed by atoms with Crippen molar-refractivity contribution in [2.75, 3.05) is 13.2 Å². The van der Waals surface area contributed by atoms with Crippen molar-refractivity contribution < 1.29 is 19.1 Å². The van der Waals surface area contributed by atoms with Gasteiger partial charge in [0.2, 0.25) is 0 Å². The molecule has 0 unspecified atom stereocenters. The van der Waals surface area contributed by atoms with E-state index in [2.05, 4.69) is 5.32 Å². The van der Waals surface area contributed by atoms with E-state index in [4.69, 9.17) is 9.47 Å². The molecule has 0 fully saturated rings. The Kier molecular flexibility index (Phi) is 7.34. The molecule has 0 radical (unpaired) electrons. The molecule has 5 nitrogen and oxygen atoms in total. The van der Waals surface area contributed by atoms with E-state index in [-0.39, 0.29) is 5.97 Å². The van der Waals surface area contributed by atoms with Crippen molar-refractivity contribution in [1.82, 2.24) is 5.32 Å². The molecule has 0 aliphatic rings. The Morgan fingerprint density at radius 1 is 1.24 bits per heavy atom. The smallest absolute Gasteiger partial charge is 0.407 e. The summed E-state index contributed by atoms with van der Waals surface area (Å²) in [5.74, 6) is -0.190. The SMILES string of the molecule is CCCC(=O)OCCCNC(=O)OC(C)(C)C. The lowest BCUT2D eigenvalue weighted by atomic mass is 10.2. The normalized spacial score (nSPS) is 10.8. The second-order valence-corrected chi connectivity index (χ2v) is 4.75. The highest BCUT2D eigenvalue weighted by atomic mass is 16.6. The van der Waals surface area contributed by atoms with Crippen LogP contribution >= 0.6 is 0 Å². The Morgan fingerprint density at radius 3 is 2.41 bits per heavy atom. The van der Waals surface area contributed by atoms with E-state index in [0.29, 0.717) is 26.0 Å². The van der Waals surface area contributed by atoms with Gasteiger partial charge in [0.25, 0.3) is 0 Å². The predicted molar refractivity (Wildman–Crippen MR) is 64.7 cm³/mol. The number of nitrogens with one attached hydrogen (secondary N) is 1. The predicted octanol–water partition coefficient (Wildman–Crippen LogP) is 2.24. The first kappa shape index (κ1) is 15.7. The van der Waals surface area contributed by atoms with E-state index < -0.39 is 11.7 Å². The summed E-state index contributed by atoms with van der Waals surface area (Å²) in [5, 5.41) is 2.59. The molecule has 0 aromatic heterocycles. The van der Waals surface area contributed by atoms with Crippen molar-refractivity contribution in [2.24, 2.45) is 0 Å². The van der Waals surface area contributed by atoms with Gasteiger partial charge < -0.3 is 14.8 Å². The maximum absolute atomic E-state index is 11.2. The first-order chi connectivity index (χ1) is 7.85. The van der Waals surface area contributed by atoms with Crippen LogP contribution in [0.2, 0.25) is 0 Å². The Hall–Kier alpha value is -1.26. The van der Waals surface area contributed by atoms with Crippen LogP contribution in [0.15, 0.2) is 0 Å². The van der Waals surface area contributed by atoms with E-state index in [1.807, 2.05) is 6.92 Å². The third kappa shape index (κ3) is 11.0. The quantitative estimate of drug-likeness (QED) is 0.575. The molecular weight excluding hydrogens is 222 g/mol. The van der Waals surface area contributed by atoms with Crippen LogP contribution in [-0.2, 0) is 14.3 Å². The molecule has 0 saturated carbocycles. The van der Waals surface area contributed by atoms with Crippen LogP contribution in [0.1, 0.15) is 47.0 Å². The number of rotatable bonds is 6. The van der Waals surface area contributed by atoms with Crippen molar-refractivity contribution in [3.63, 3.8) is 0 Å². The molecule has 0 saturated heterocycles. The van der Waals surface area contributed by atoms with E-state index >= 15 is 0 Å². The minimum absolute atomic E-state index is 0.190. The van der Waals surface area contributed by atoms with Crippen LogP contribution in [0.4, 0.5) is 4.79 Å². The molecule has 0 aliphatic heterocycles. The van der Waals surface area contributed by atoms with Gasteiger partial charge in [-0.2, -0.15) is 0 Å². The van der Waals surface area contributed by atoms with Crippen molar-refractivity contribution in [2.45, 2.75) is 52.6 Å². The Labute approximate surface area is 103 Å². The van der Waals surface area contributed by atoms with Crippen LogP contribution in [-0.4, -0.2) is 30.8 Å². The maximum atomic E-state index is 11.2. The molecule has 1 N–H and O–H groups in total. The van der Waals surface area contributed by atoms with Gasteiger partial charge in [0.1, 0.15) is 5.60 Å². The number of amides is 1. The fourth-order valence-electron chi connectivity index (χ4n) is 1.04.